The topological polar surface area (TPSA) is 84.3 Å². The van der Waals surface area contributed by atoms with Crippen molar-refractivity contribution in [1.82, 2.24) is 20.0 Å². The lowest BCUT2D eigenvalue weighted by atomic mass is 9.96. The van der Waals surface area contributed by atoms with Crippen LogP contribution in [0, 0.1) is 11.7 Å². The van der Waals surface area contributed by atoms with Crippen LogP contribution in [0.15, 0.2) is 70.0 Å². The minimum Gasteiger partial charge on any atom is -0.488 e. The van der Waals surface area contributed by atoms with Crippen molar-refractivity contribution in [1.29, 1.82) is 0 Å². The molecule has 0 radical (unpaired) electrons. The first-order chi connectivity index (χ1) is 19.2. The van der Waals surface area contributed by atoms with Crippen molar-refractivity contribution in [2.45, 2.75) is 38.8 Å². The number of thiazole rings is 1. The van der Waals surface area contributed by atoms with Gasteiger partial charge in [-0.1, -0.05) is 47.7 Å². The Hall–Kier alpha value is -4.03. The van der Waals surface area contributed by atoms with Gasteiger partial charge >= 0.3 is 11.9 Å². The standard InChI is InChI=1S/C28H22F4N4O3S/c29-22-11-20(9-10-21(22)25-34-27(37)39-35-25)38-15-24-23(14-36-12-17-3-1-2-4-18(17)13-36)33-26(40-24)16-5-7-19(8-6-16)28(30,31)32/h1-7,9-11,19H,8,12-15H2,(H,34,35,37). The maximum atomic E-state index is 14.7. The Bertz CT molecular complexity index is 1650. The van der Waals surface area contributed by atoms with Gasteiger partial charge in [-0.05, 0) is 29.7 Å². The fraction of sp³-hybridized carbons (Fsp3) is 0.250. The molecule has 1 atom stereocenters. The molecule has 2 aliphatic rings. The third kappa shape index (κ3) is 5.50. The van der Waals surface area contributed by atoms with Gasteiger partial charge in [0, 0.05) is 31.3 Å². The number of aromatic nitrogens is 3. The van der Waals surface area contributed by atoms with Crippen LogP contribution in [0.1, 0.15) is 33.1 Å². The maximum Gasteiger partial charge on any atom is 0.439 e. The molecular weight excluding hydrogens is 548 g/mol. The van der Waals surface area contributed by atoms with Gasteiger partial charge in [0.05, 0.1) is 22.1 Å². The molecule has 2 aromatic heterocycles. The number of nitrogens with one attached hydrogen (secondary N) is 1. The van der Waals surface area contributed by atoms with Crippen molar-refractivity contribution < 1.29 is 26.8 Å². The highest BCUT2D eigenvalue weighted by Crippen LogP contribution is 2.37. The van der Waals surface area contributed by atoms with Gasteiger partial charge < -0.3 is 4.74 Å². The summed E-state index contributed by atoms with van der Waals surface area (Å²) >= 11 is 1.35. The van der Waals surface area contributed by atoms with Gasteiger partial charge in [0.15, 0.2) is 5.82 Å². The van der Waals surface area contributed by atoms with E-state index in [2.05, 4.69) is 31.7 Å². The summed E-state index contributed by atoms with van der Waals surface area (Å²) < 4.78 is 64.4. The fourth-order valence-electron chi connectivity index (χ4n) is 4.76. The van der Waals surface area contributed by atoms with E-state index in [1.54, 1.807) is 12.1 Å². The molecule has 3 heterocycles. The second-order valence-corrected chi connectivity index (χ2v) is 10.7. The van der Waals surface area contributed by atoms with Gasteiger partial charge in [0.25, 0.3) is 0 Å². The van der Waals surface area contributed by atoms with E-state index >= 15 is 0 Å². The molecule has 1 unspecified atom stereocenters. The third-order valence-electron chi connectivity index (χ3n) is 6.83. The van der Waals surface area contributed by atoms with Gasteiger partial charge in [0.2, 0.25) is 0 Å². The molecule has 12 heteroatoms. The first-order valence-electron chi connectivity index (χ1n) is 12.4. The van der Waals surface area contributed by atoms with Crippen LogP contribution in [0.2, 0.25) is 0 Å². The van der Waals surface area contributed by atoms with E-state index < -0.39 is 23.7 Å². The highest BCUT2D eigenvalue weighted by Gasteiger charge is 2.38. The van der Waals surface area contributed by atoms with Crippen LogP contribution >= 0.6 is 11.3 Å². The number of benzene rings is 2. The van der Waals surface area contributed by atoms with Crippen LogP contribution in [-0.4, -0.2) is 26.2 Å². The van der Waals surface area contributed by atoms with Crippen molar-refractivity contribution in [3.63, 3.8) is 0 Å². The SMILES string of the molecule is O=c1[nH]c(-c2ccc(OCc3sc(C4=CCC(C(F)(F)F)C=C4)nc3CN3Cc4ccccc4C3)cc2F)no1. The van der Waals surface area contributed by atoms with E-state index in [-0.39, 0.29) is 30.2 Å². The Labute approximate surface area is 229 Å². The zero-order valence-corrected chi connectivity index (χ0v) is 21.7. The molecule has 0 bridgehead atoms. The molecule has 1 N–H and O–H groups in total. The molecule has 0 spiro atoms. The summed E-state index contributed by atoms with van der Waals surface area (Å²) in [5.74, 6) is -2.72. The van der Waals surface area contributed by atoms with Crippen LogP contribution in [0.5, 0.6) is 5.75 Å². The number of rotatable bonds is 7. The molecule has 40 heavy (non-hydrogen) atoms. The summed E-state index contributed by atoms with van der Waals surface area (Å²) in [5.41, 5.74) is 3.95. The van der Waals surface area contributed by atoms with Crippen LogP contribution in [0.4, 0.5) is 17.6 Å². The van der Waals surface area contributed by atoms with Crippen molar-refractivity contribution >= 4 is 16.9 Å². The molecule has 7 nitrogen and oxygen atoms in total. The molecule has 1 aliphatic carbocycles. The van der Waals surface area contributed by atoms with Gasteiger partial charge in [0.1, 0.15) is 23.2 Å². The Morgan fingerprint density at radius 2 is 1.93 bits per heavy atom. The molecule has 0 saturated carbocycles. The summed E-state index contributed by atoms with van der Waals surface area (Å²) in [6.07, 6.45) is -0.206. The van der Waals surface area contributed by atoms with Crippen LogP contribution in [-0.2, 0) is 26.2 Å². The zero-order chi connectivity index (χ0) is 27.9. The van der Waals surface area contributed by atoms with E-state index in [4.69, 9.17) is 9.72 Å². The minimum atomic E-state index is -4.29. The van der Waals surface area contributed by atoms with E-state index in [0.29, 0.717) is 17.1 Å². The lowest BCUT2D eigenvalue weighted by Gasteiger charge is -2.18. The number of alkyl halides is 3. The number of halogens is 4. The Morgan fingerprint density at radius 1 is 1.15 bits per heavy atom. The van der Waals surface area contributed by atoms with E-state index in [9.17, 15) is 22.4 Å². The normalized spacial score (nSPS) is 17.2. The highest BCUT2D eigenvalue weighted by atomic mass is 32.1. The molecule has 1 aliphatic heterocycles. The summed E-state index contributed by atoms with van der Waals surface area (Å²) in [6, 6.07) is 12.3. The predicted octanol–water partition coefficient (Wildman–Crippen LogP) is 6.24. The molecule has 0 fully saturated rings. The Kier molecular flexibility index (Phi) is 6.88. The first-order valence-corrected chi connectivity index (χ1v) is 13.3. The Morgan fingerprint density at radius 3 is 2.55 bits per heavy atom. The van der Waals surface area contributed by atoms with Crippen LogP contribution in [0.25, 0.3) is 17.0 Å². The quantitative estimate of drug-likeness (QED) is 0.265. The lowest BCUT2D eigenvalue weighted by molar-refractivity contribution is -0.160. The number of allylic oxidation sites excluding steroid dienone is 4. The van der Waals surface area contributed by atoms with Crippen molar-refractivity contribution in [2.75, 3.05) is 0 Å². The maximum absolute atomic E-state index is 14.7. The largest absolute Gasteiger partial charge is 0.488 e. The van der Waals surface area contributed by atoms with Gasteiger partial charge in [-0.15, -0.1) is 11.3 Å². The number of H-pyrrole nitrogens is 1. The van der Waals surface area contributed by atoms with E-state index in [0.717, 1.165) is 23.7 Å². The molecule has 6 rings (SSSR count). The molecule has 206 valence electrons. The van der Waals surface area contributed by atoms with Crippen LogP contribution in [0.3, 0.4) is 0 Å². The second-order valence-electron chi connectivity index (χ2n) is 9.58. The molecule has 4 aromatic rings. The number of hydrogen-bond donors (Lipinski definition) is 1. The summed E-state index contributed by atoms with van der Waals surface area (Å²) in [7, 11) is 0. The van der Waals surface area contributed by atoms with Gasteiger partial charge in [-0.25, -0.2) is 14.2 Å². The summed E-state index contributed by atoms with van der Waals surface area (Å²) in [6.45, 7) is 2.14. The van der Waals surface area contributed by atoms with Crippen molar-refractivity contribution in [3.05, 3.63) is 104 Å². The highest BCUT2D eigenvalue weighted by molar-refractivity contribution is 7.12. The van der Waals surface area contributed by atoms with E-state index in [1.807, 2.05) is 12.1 Å². The minimum absolute atomic E-state index is 0.0309. The summed E-state index contributed by atoms with van der Waals surface area (Å²) in [5, 5.41) is 4.11. The average molecular weight is 571 g/mol. The number of aromatic amines is 1. The smallest absolute Gasteiger partial charge is 0.439 e. The zero-order valence-electron chi connectivity index (χ0n) is 20.9. The number of fused-ring (bicyclic) bond motifs is 1. The first kappa shape index (κ1) is 26.2. The van der Waals surface area contributed by atoms with Gasteiger partial charge in [-0.3, -0.25) is 14.4 Å². The van der Waals surface area contributed by atoms with Gasteiger partial charge in [-0.2, -0.15) is 13.2 Å². The molecule has 0 saturated heterocycles. The predicted molar refractivity (Wildman–Crippen MR) is 140 cm³/mol. The third-order valence-corrected chi connectivity index (χ3v) is 7.95. The number of hydrogen-bond acceptors (Lipinski definition) is 7. The number of nitrogens with zero attached hydrogens (tertiary/aromatic N) is 3. The molecule has 0 amide bonds. The monoisotopic (exact) mass is 570 g/mol. The van der Waals surface area contributed by atoms with Crippen LogP contribution < -0.4 is 10.5 Å². The van der Waals surface area contributed by atoms with Crippen molar-refractivity contribution in [3.8, 4) is 17.1 Å². The van der Waals surface area contributed by atoms with Crippen molar-refractivity contribution in [2.24, 2.45) is 5.92 Å². The lowest BCUT2D eigenvalue weighted by Crippen LogP contribution is -2.21. The molecular formula is C28H22F4N4O3S. The average Bonchev–Trinajstić information content (AvgIpc) is 3.65. The molecule has 2 aromatic carbocycles. The second kappa shape index (κ2) is 10.5. The Balaban J connectivity index is 1.22. The summed E-state index contributed by atoms with van der Waals surface area (Å²) in [4.78, 5) is 21.3. The fourth-order valence-corrected chi connectivity index (χ4v) is 5.77. The number of ether oxygens (including phenoxy) is 1. The van der Waals surface area contributed by atoms with E-state index in [1.165, 1.54) is 46.7 Å².